The molecule has 3 aliphatic heterocycles. The second kappa shape index (κ2) is 13.0. The molecule has 1 N–H and O–H groups in total. The first kappa shape index (κ1) is 29.6. The Bertz CT molecular complexity index is 1320. The van der Waals surface area contributed by atoms with Gasteiger partial charge in [0.1, 0.15) is 12.7 Å². The third-order valence-corrected chi connectivity index (χ3v) is 8.62. The number of unbranched alkanes of at least 4 members (excludes halogenated alkanes) is 1. The van der Waals surface area contributed by atoms with Crippen molar-refractivity contribution in [2.24, 2.45) is 13.0 Å². The summed E-state index contributed by atoms with van der Waals surface area (Å²) in [5.41, 5.74) is 1.57. The van der Waals surface area contributed by atoms with Crippen molar-refractivity contribution in [3.63, 3.8) is 0 Å². The molecule has 2 fully saturated rings. The maximum absolute atomic E-state index is 14.0. The maximum Gasteiger partial charge on any atom is 0.308 e. The highest BCUT2D eigenvalue weighted by Crippen LogP contribution is 2.47. The molecule has 5 rings (SSSR count). The number of amides is 2. The number of aryl methyl sites for hydroxylation is 1. The number of nitrogens with zero attached hydrogens (tertiary/aromatic N) is 4. The monoisotopic (exact) mass is 581 g/mol. The van der Waals surface area contributed by atoms with Crippen molar-refractivity contribution in [1.29, 1.82) is 0 Å². The summed E-state index contributed by atoms with van der Waals surface area (Å²) < 4.78 is 18.7. The van der Waals surface area contributed by atoms with E-state index in [1.165, 1.54) is 0 Å². The summed E-state index contributed by atoms with van der Waals surface area (Å²) in [6.45, 7) is 4.32. The summed E-state index contributed by atoms with van der Waals surface area (Å²) in [5, 5.41) is 10.6. The Morgan fingerprint density at radius 1 is 1.26 bits per heavy atom. The molecule has 0 radical (unpaired) electrons. The molecule has 1 aromatic heterocycles. The second-order valence-corrected chi connectivity index (χ2v) is 11.3. The molecular formula is C31H41N4O7+. The lowest BCUT2D eigenvalue weighted by Gasteiger charge is -2.30. The van der Waals surface area contributed by atoms with Gasteiger partial charge in [-0.1, -0.05) is 13.3 Å². The highest BCUT2D eigenvalue weighted by molar-refractivity contribution is 5.94. The van der Waals surface area contributed by atoms with E-state index >= 15 is 0 Å². The number of rotatable bonds is 12. The summed E-state index contributed by atoms with van der Waals surface area (Å²) >= 11 is 0. The van der Waals surface area contributed by atoms with Crippen LogP contribution < -0.4 is 23.7 Å². The number of ether oxygens (including phenoxy) is 3. The zero-order valence-corrected chi connectivity index (χ0v) is 24.7. The number of carbonyl (C=O) groups excluding carboxylic acids is 2. The molecule has 0 saturated carbocycles. The molecular weight excluding hydrogens is 540 g/mol. The van der Waals surface area contributed by atoms with E-state index in [1.54, 1.807) is 12.0 Å². The lowest BCUT2D eigenvalue weighted by atomic mass is 9.84. The molecule has 1 unspecified atom stereocenters. The van der Waals surface area contributed by atoms with Gasteiger partial charge in [0.25, 0.3) is 0 Å². The lowest BCUT2D eigenvalue weighted by Crippen LogP contribution is -2.46. The van der Waals surface area contributed by atoms with E-state index < -0.39 is 23.8 Å². The van der Waals surface area contributed by atoms with Crippen molar-refractivity contribution in [2.75, 3.05) is 51.5 Å². The van der Waals surface area contributed by atoms with Gasteiger partial charge in [-0.25, -0.2) is 4.57 Å². The van der Waals surface area contributed by atoms with Crippen LogP contribution in [0.5, 0.6) is 17.2 Å². The van der Waals surface area contributed by atoms with Crippen LogP contribution in [0.2, 0.25) is 0 Å². The number of carboxylic acids is 1. The first-order valence-electron chi connectivity index (χ1n) is 14.8. The summed E-state index contributed by atoms with van der Waals surface area (Å²) in [6, 6.07) is 7.04. The van der Waals surface area contributed by atoms with Crippen molar-refractivity contribution in [2.45, 2.75) is 51.0 Å². The normalized spacial score (nSPS) is 21.6. The summed E-state index contributed by atoms with van der Waals surface area (Å²) in [7, 11) is 3.46. The number of aliphatic carboxylic acids is 1. The van der Waals surface area contributed by atoms with Gasteiger partial charge in [-0.05, 0) is 43.0 Å². The molecule has 0 bridgehead atoms. The Kier molecular flexibility index (Phi) is 9.15. The number of pyridine rings is 1. The fourth-order valence-electron chi connectivity index (χ4n) is 6.49. The maximum atomic E-state index is 14.0. The van der Waals surface area contributed by atoms with E-state index in [0.717, 1.165) is 30.5 Å². The Balaban J connectivity index is 1.46. The van der Waals surface area contributed by atoms with Gasteiger partial charge >= 0.3 is 5.97 Å². The smallest absolute Gasteiger partial charge is 0.308 e. The average Bonchev–Trinajstić information content (AvgIpc) is 3.70. The highest BCUT2D eigenvalue weighted by Gasteiger charge is 2.48. The van der Waals surface area contributed by atoms with E-state index in [0.29, 0.717) is 56.3 Å². The van der Waals surface area contributed by atoms with Crippen LogP contribution in [-0.2, 0) is 21.4 Å². The number of likely N-dealkylation sites (tertiary alicyclic amines) is 2. The van der Waals surface area contributed by atoms with E-state index in [-0.39, 0.29) is 25.2 Å². The first-order chi connectivity index (χ1) is 20.3. The Labute approximate surface area is 246 Å². The van der Waals surface area contributed by atoms with Crippen LogP contribution in [0, 0.1) is 5.92 Å². The van der Waals surface area contributed by atoms with Crippen LogP contribution in [0.3, 0.4) is 0 Å². The minimum atomic E-state index is -0.928. The second-order valence-electron chi connectivity index (χ2n) is 11.3. The predicted octanol–water partition coefficient (Wildman–Crippen LogP) is 2.56. The Morgan fingerprint density at radius 2 is 2.10 bits per heavy atom. The summed E-state index contributed by atoms with van der Waals surface area (Å²) in [6.07, 6.45) is 7.43. The number of carbonyl (C=O) groups is 3. The third kappa shape index (κ3) is 6.16. The average molecular weight is 582 g/mol. The van der Waals surface area contributed by atoms with Crippen molar-refractivity contribution < 1.29 is 38.3 Å². The first-order valence-corrected chi connectivity index (χ1v) is 14.8. The van der Waals surface area contributed by atoms with Gasteiger partial charge in [-0.3, -0.25) is 19.3 Å². The molecule has 11 heteroatoms. The number of carboxylic acid groups (broad SMARTS) is 1. The van der Waals surface area contributed by atoms with E-state index in [9.17, 15) is 19.5 Å². The predicted molar refractivity (Wildman–Crippen MR) is 154 cm³/mol. The minimum Gasteiger partial charge on any atom is -0.493 e. The topological polar surface area (TPSA) is 113 Å². The number of hydrogen-bond donors (Lipinski definition) is 1. The molecule has 3 aliphatic rings. The van der Waals surface area contributed by atoms with Crippen LogP contribution in [0.4, 0.5) is 5.69 Å². The van der Waals surface area contributed by atoms with Gasteiger partial charge in [0.05, 0.1) is 19.6 Å². The van der Waals surface area contributed by atoms with Crippen molar-refractivity contribution in [3.05, 3.63) is 42.2 Å². The number of anilines is 1. The molecule has 3 atom stereocenters. The van der Waals surface area contributed by atoms with Gasteiger partial charge in [0.2, 0.25) is 24.4 Å². The van der Waals surface area contributed by atoms with Crippen LogP contribution in [0.15, 0.2) is 36.7 Å². The molecule has 4 heterocycles. The standard InChI is InChI=1S/C31H40N4O7/c1-4-5-13-35(22-8-6-11-32(2)17-22)28(37)19-34-18-23(21-15-25(40-3)30-26(16-21)41-20-42-30)29(31(38)39)24(34)10-14-33-12-7-9-27(33)36/h6,8,11,15-17,23-24,29H,4-5,7,9-10,12-14,18-20H2,1-3H3/p+1/t23-,24+,29?/m1/s1. The quantitative estimate of drug-likeness (QED) is 0.381. The van der Waals surface area contributed by atoms with Crippen molar-refractivity contribution >= 4 is 23.5 Å². The fourth-order valence-corrected chi connectivity index (χ4v) is 6.49. The molecule has 2 saturated heterocycles. The van der Waals surface area contributed by atoms with E-state index in [1.807, 2.05) is 58.1 Å². The molecule has 11 nitrogen and oxygen atoms in total. The van der Waals surface area contributed by atoms with E-state index in [2.05, 4.69) is 6.92 Å². The van der Waals surface area contributed by atoms with Crippen LogP contribution >= 0.6 is 0 Å². The number of hydrogen-bond acceptors (Lipinski definition) is 7. The molecule has 0 spiro atoms. The largest absolute Gasteiger partial charge is 0.493 e. The van der Waals surface area contributed by atoms with Crippen molar-refractivity contribution in [3.8, 4) is 17.2 Å². The van der Waals surface area contributed by atoms with Crippen LogP contribution in [0.1, 0.15) is 50.5 Å². The van der Waals surface area contributed by atoms with Crippen molar-refractivity contribution in [1.82, 2.24) is 9.80 Å². The number of benzene rings is 1. The van der Waals surface area contributed by atoms with Gasteiger partial charge in [-0.15, -0.1) is 0 Å². The Morgan fingerprint density at radius 3 is 2.79 bits per heavy atom. The SMILES string of the molecule is CCCCN(C(=O)CN1C[C@H](c2cc(OC)c3c(c2)OCO3)C(C(=O)O)[C@@H]1CCN1CCCC1=O)c1ccc[n+](C)c1. The summed E-state index contributed by atoms with van der Waals surface area (Å²) in [4.78, 5) is 44.9. The number of aromatic nitrogens is 1. The molecule has 0 aliphatic carbocycles. The minimum absolute atomic E-state index is 0.0696. The molecule has 226 valence electrons. The molecule has 42 heavy (non-hydrogen) atoms. The molecule has 1 aromatic carbocycles. The fraction of sp³-hybridized carbons (Fsp3) is 0.548. The van der Waals surface area contributed by atoms with Gasteiger partial charge in [0.15, 0.2) is 23.9 Å². The van der Waals surface area contributed by atoms with E-state index in [4.69, 9.17) is 14.2 Å². The van der Waals surface area contributed by atoms with Crippen LogP contribution in [-0.4, -0.2) is 85.4 Å². The number of fused-ring (bicyclic) bond motifs is 1. The molecule has 2 amide bonds. The van der Waals surface area contributed by atoms with Crippen LogP contribution in [0.25, 0.3) is 0 Å². The summed E-state index contributed by atoms with van der Waals surface area (Å²) in [5.74, 6) is -0.611. The van der Waals surface area contributed by atoms with Gasteiger partial charge in [0, 0.05) is 50.6 Å². The van der Waals surface area contributed by atoms with Gasteiger partial charge < -0.3 is 29.1 Å². The van der Waals surface area contributed by atoms with Gasteiger partial charge in [-0.2, -0.15) is 0 Å². The third-order valence-electron chi connectivity index (χ3n) is 8.62. The Hall–Kier alpha value is -3.86. The zero-order chi connectivity index (χ0) is 29.8. The lowest BCUT2D eigenvalue weighted by molar-refractivity contribution is -0.670. The molecule has 2 aromatic rings. The zero-order valence-electron chi connectivity index (χ0n) is 24.7. The highest BCUT2D eigenvalue weighted by atomic mass is 16.7. The number of methoxy groups -OCH3 is 1.